The van der Waals surface area contributed by atoms with E-state index in [1.165, 1.54) is 4.57 Å². The lowest BCUT2D eigenvalue weighted by Crippen LogP contribution is -2.37. The molecule has 0 spiro atoms. The number of aromatic amines is 1. The van der Waals surface area contributed by atoms with E-state index in [2.05, 4.69) is 59.4 Å². The fourth-order valence-corrected chi connectivity index (χ4v) is 7.43. The molecule has 3 rings (SSSR count). The number of carbonyl (C=O) groups is 1. The summed E-state index contributed by atoms with van der Waals surface area (Å²) in [7, 11) is -1.95. The van der Waals surface area contributed by atoms with E-state index < -0.39 is 24.7 Å². The first-order chi connectivity index (χ1) is 21.3. The molecule has 14 heteroatoms. The van der Waals surface area contributed by atoms with Crippen LogP contribution in [-0.4, -0.2) is 57.5 Å². The van der Waals surface area contributed by atoms with Gasteiger partial charge in [0.25, 0.3) is 0 Å². The molecule has 0 fully saturated rings. The number of nitrogens with zero attached hydrogens (tertiary/aromatic N) is 3. The summed E-state index contributed by atoms with van der Waals surface area (Å²) in [6.07, 6.45) is 0.959. The second-order valence-electron chi connectivity index (χ2n) is 13.9. The molecule has 2 aromatic heterocycles. The number of nitrogens with one attached hydrogen (secondary N) is 3. The van der Waals surface area contributed by atoms with Crippen LogP contribution in [0.1, 0.15) is 72.9 Å². The number of rotatable bonds is 15. The quantitative estimate of drug-likeness (QED) is 0.0751. The van der Waals surface area contributed by atoms with Gasteiger partial charge in [0.15, 0.2) is 11.5 Å². The number of H-pyrrole nitrogens is 1. The summed E-state index contributed by atoms with van der Waals surface area (Å²) in [5.41, 5.74) is 6.99. The number of hydrogen-bond acceptors (Lipinski definition) is 9. The SMILES string of the molecule is C=C(NP(=O)(Cc1cccc(Cn2c(=O)[nH]c3c(N)nc(OCCOC)nc32)c1)NC(C)C(C)CC(C)(C)C)C(=O)OC(C)(C)C. The van der Waals surface area contributed by atoms with Gasteiger partial charge in [0.2, 0.25) is 7.44 Å². The van der Waals surface area contributed by atoms with Crippen molar-refractivity contribution in [2.24, 2.45) is 11.3 Å². The molecule has 3 unspecified atom stereocenters. The maximum Gasteiger partial charge on any atom is 0.354 e. The first kappa shape index (κ1) is 36.8. The molecule has 5 N–H and O–H groups in total. The number of nitrogens with two attached hydrogens (primary N) is 1. The number of hydrogen-bond donors (Lipinski definition) is 4. The predicted molar refractivity (Wildman–Crippen MR) is 181 cm³/mol. The van der Waals surface area contributed by atoms with Gasteiger partial charge in [-0.3, -0.25) is 9.13 Å². The van der Waals surface area contributed by atoms with Gasteiger partial charge >= 0.3 is 17.7 Å². The van der Waals surface area contributed by atoms with Crippen molar-refractivity contribution < 1.29 is 23.6 Å². The number of carbonyl (C=O) groups excluding carboxylic acids is 1. The topological polar surface area (TPSA) is 175 Å². The average molecular weight is 660 g/mol. The Kier molecular flexibility index (Phi) is 11.9. The van der Waals surface area contributed by atoms with Gasteiger partial charge in [-0.15, -0.1) is 0 Å². The van der Waals surface area contributed by atoms with Crippen molar-refractivity contribution in [3.63, 3.8) is 0 Å². The van der Waals surface area contributed by atoms with Crippen LogP contribution in [0.25, 0.3) is 11.2 Å². The maximum absolute atomic E-state index is 14.6. The number of ether oxygens (including phenoxy) is 3. The summed E-state index contributed by atoms with van der Waals surface area (Å²) in [6.45, 7) is 20.4. The van der Waals surface area contributed by atoms with Crippen molar-refractivity contribution in [2.45, 2.75) is 86.2 Å². The third-order valence-corrected chi connectivity index (χ3v) is 9.31. The molecular formula is C32H50N7O6P. The van der Waals surface area contributed by atoms with Crippen molar-refractivity contribution >= 4 is 30.4 Å². The molecule has 13 nitrogen and oxygen atoms in total. The summed E-state index contributed by atoms with van der Waals surface area (Å²) in [6, 6.07) is 7.27. The first-order valence-corrected chi connectivity index (χ1v) is 17.2. The van der Waals surface area contributed by atoms with Gasteiger partial charge in [0, 0.05) is 13.2 Å². The van der Waals surface area contributed by atoms with E-state index in [0.717, 1.165) is 17.5 Å². The van der Waals surface area contributed by atoms with Crippen LogP contribution in [-0.2, 0) is 31.5 Å². The molecule has 0 saturated heterocycles. The standard InChI is InChI=1S/C32H50N7O6P/c1-20(17-31(4,5)6)21(2)37-46(42,38-22(3)28(40)45-32(7,8)9)19-24-13-11-12-23(16-24)18-39-27-25(34-30(39)41)26(33)35-29(36-27)44-15-14-43-10/h11-13,16,20-21H,3,14-15,17-19H2,1-2,4-10H3,(H,34,41)(H2,33,35,36)(H2,37,38,42). The summed E-state index contributed by atoms with van der Waals surface area (Å²) < 4.78 is 32.0. The number of anilines is 1. The van der Waals surface area contributed by atoms with Crippen LogP contribution in [0.5, 0.6) is 6.01 Å². The van der Waals surface area contributed by atoms with Gasteiger partial charge in [-0.2, -0.15) is 9.97 Å². The Morgan fingerprint density at radius 3 is 2.43 bits per heavy atom. The van der Waals surface area contributed by atoms with Crippen LogP contribution in [0, 0.1) is 11.3 Å². The van der Waals surface area contributed by atoms with Crippen molar-refractivity contribution in [1.82, 2.24) is 29.7 Å². The lowest BCUT2D eigenvalue weighted by Gasteiger charge is -2.32. The van der Waals surface area contributed by atoms with Crippen LogP contribution < -0.4 is 26.3 Å². The first-order valence-electron chi connectivity index (χ1n) is 15.3. The predicted octanol–water partition coefficient (Wildman–Crippen LogP) is 4.96. The third-order valence-electron chi connectivity index (χ3n) is 7.05. The molecule has 2 heterocycles. The van der Waals surface area contributed by atoms with Crippen LogP contribution in [0.15, 0.2) is 41.3 Å². The van der Waals surface area contributed by atoms with Crippen molar-refractivity contribution in [1.29, 1.82) is 0 Å². The van der Waals surface area contributed by atoms with Crippen LogP contribution in [0.4, 0.5) is 5.82 Å². The highest BCUT2D eigenvalue weighted by molar-refractivity contribution is 7.59. The van der Waals surface area contributed by atoms with Gasteiger partial charge in [-0.05, 0) is 56.6 Å². The molecule has 0 radical (unpaired) electrons. The van der Waals surface area contributed by atoms with Crippen LogP contribution in [0.3, 0.4) is 0 Å². The molecular weight excluding hydrogens is 609 g/mol. The highest BCUT2D eigenvalue weighted by atomic mass is 31.2. The van der Waals surface area contributed by atoms with E-state index in [1.54, 1.807) is 27.9 Å². The summed E-state index contributed by atoms with van der Waals surface area (Å²) in [5, 5.41) is 6.21. The number of benzene rings is 1. The zero-order valence-corrected chi connectivity index (χ0v) is 29.4. The Labute approximate surface area is 271 Å². The minimum absolute atomic E-state index is 0.0293. The van der Waals surface area contributed by atoms with Gasteiger partial charge in [0.1, 0.15) is 23.4 Å². The number of imidazole rings is 1. The highest BCUT2D eigenvalue weighted by Crippen LogP contribution is 2.44. The molecule has 0 saturated carbocycles. The van der Waals surface area contributed by atoms with E-state index in [0.29, 0.717) is 17.8 Å². The average Bonchev–Trinajstić information content (AvgIpc) is 3.22. The minimum Gasteiger partial charge on any atom is -0.461 e. The summed E-state index contributed by atoms with van der Waals surface area (Å²) in [5.74, 6) is -0.410. The molecule has 0 bridgehead atoms. The highest BCUT2D eigenvalue weighted by Gasteiger charge is 2.31. The smallest absolute Gasteiger partial charge is 0.354 e. The Balaban J connectivity index is 1.91. The van der Waals surface area contributed by atoms with E-state index in [9.17, 15) is 14.2 Å². The van der Waals surface area contributed by atoms with E-state index in [1.807, 2.05) is 31.2 Å². The van der Waals surface area contributed by atoms with E-state index in [4.69, 9.17) is 19.9 Å². The molecule has 46 heavy (non-hydrogen) atoms. The van der Waals surface area contributed by atoms with Gasteiger partial charge in [-0.25, -0.2) is 14.7 Å². The molecule has 3 aromatic rings. The number of aromatic nitrogens is 4. The fourth-order valence-electron chi connectivity index (χ4n) is 5.04. The second kappa shape index (κ2) is 14.8. The Hall–Kier alpha value is -3.67. The van der Waals surface area contributed by atoms with Crippen molar-refractivity contribution in [3.8, 4) is 6.01 Å². The normalized spacial score (nSPS) is 14.8. The molecule has 0 aliphatic rings. The maximum atomic E-state index is 14.6. The Bertz CT molecular complexity index is 1640. The lowest BCUT2D eigenvalue weighted by atomic mass is 9.83. The van der Waals surface area contributed by atoms with E-state index >= 15 is 0 Å². The molecule has 254 valence electrons. The lowest BCUT2D eigenvalue weighted by molar-refractivity contribution is -0.150. The van der Waals surface area contributed by atoms with Gasteiger partial charge < -0.3 is 30.0 Å². The third kappa shape index (κ3) is 10.7. The Morgan fingerprint density at radius 2 is 1.80 bits per heavy atom. The zero-order chi connectivity index (χ0) is 34.4. The number of fused-ring (bicyclic) bond motifs is 1. The van der Waals surface area contributed by atoms with Gasteiger partial charge in [0.05, 0.1) is 19.3 Å². The molecule has 1 aromatic carbocycles. The zero-order valence-electron chi connectivity index (χ0n) is 28.5. The Morgan fingerprint density at radius 1 is 1.13 bits per heavy atom. The molecule has 0 aliphatic heterocycles. The number of methoxy groups -OCH3 is 1. The molecule has 3 atom stereocenters. The molecule has 0 aliphatic carbocycles. The summed E-state index contributed by atoms with van der Waals surface area (Å²) >= 11 is 0. The largest absolute Gasteiger partial charge is 0.461 e. The fraction of sp³-hybridized carbons (Fsp3) is 0.562. The minimum atomic E-state index is -3.50. The van der Waals surface area contributed by atoms with Crippen LogP contribution >= 0.6 is 7.44 Å². The summed E-state index contributed by atoms with van der Waals surface area (Å²) in [4.78, 5) is 37.0. The number of esters is 1. The van der Waals surface area contributed by atoms with E-state index in [-0.39, 0.29) is 54.2 Å². The van der Waals surface area contributed by atoms with Crippen LogP contribution in [0.2, 0.25) is 0 Å². The molecule has 0 amide bonds. The monoisotopic (exact) mass is 659 g/mol. The van der Waals surface area contributed by atoms with Crippen molar-refractivity contribution in [3.05, 3.63) is 58.2 Å². The number of nitrogen functional groups attached to an aromatic ring is 1. The van der Waals surface area contributed by atoms with Crippen molar-refractivity contribution in [2.75, 3.05) is 26.1 Å². The second-order valence-corrected chi connectivity index (χ2v) is 16.2. The van der Waals surface area contributed by atoms with Gasteiger partial charge in [-0.1, -0.05) is 58.5 Å².